The molecule has 1 aliphatic heterocycles. The van der Waals surface area contributed by atoms with E-state index in [2.05, 4.69) is 48.0 Å². The molecule has 0 aromatic heterocycles. The standard InChI is InChI=1S/C18H28N2O2/c1-3-4-5-15-6-8-16(9-7-15)14-17(18(21)22)20-12-10-19(2)11-13-20/h6-9,17H,3-5,10-14H2,1-2H3,(H,21,22). The zero-order valence-electron chi connectivity index (χ0n) is 13.8. The van der Waals surface area contributed by atoms with Crippen LogP contribution in [0.15, 0.2) is 24.3 Å². The molecule has 1 aromatic carbocycles. The summed E-state index contributed by atoms with van der Waals surface area (Å²) in [6.45, 7) is 5.76. The van der Waals surface area contributed by atoms with Gasteiger partial charge in [-0.2, -0.15) is 0 Å². The van der Waals surface area contributed by atoms with Crippen LogP contribution in [0.5, 0.6) is 0 Å². The lowest BCUT2D eigenvalue weighted by Crippen LogP contribution is -2.52. The lowest BCUT2D eigenvalue weighted by Gasteiger charge is -2.36. The first-order valence-corrected chi connectivity index (χ1v) is 8.33. The number of benzene rings is 1. The Bertz CT molecular complexity index is 464. The molecule has 0 spiro atoms. The first-order chi connectivity index (χ1) is 10.6. The van der Waals surface area contributed by atoms with Gasteiger partial charge in [-0.25, -0.2) is 0 Å². The average molecular weight is 304 g/mol. The molecule has 1 saturated heterocycles. The van der Waals surface area contributed by atoms with Gasteiger partial charge in [0.15, 0.2) is 0 Å². The molecule has 1 aliphatic rings. The van der Waals surface area contributed by atoms with E-state index in [1.807, 2.05) is 0 Å². The van der Waals surface area contributed by atoms with Crippen molar-refractivity contribution in [1.82, 2.24) is 9.80 Å². The first-order valence-electron chi connectivity index (χ1n) is 8.33. The molecule has 4 nitrogen and oxygen atoms in total. The molecule has 1 fully saturated rings. The van der Waals surface area contributed by atoms with Crippen molar-refractivity contribution in [3.8, 4) is 0 Å². The van der Waals surface area contributed by atoms with Crippen LogP contribution in [-0.4, -0.2) is 60.1 Å². The van der Waals surface area contributed by atoms with Crippen LogP contribution in [0.2, 0.25) is 0 Å². The molecule has 1 N–H and O–H groups in total. The normalized spacial score (nSPS) is 18.3. The number of nitrogens with zero attached hydrogens (tertiary/aromatic N) is 2. The number of likely N-dealkylation sites (N-methyl/N-ethyl adjacent to an activating group) is 1. The molecule has 1 aromatic rings. The van der Waals surface area contributed by atoms with Gasteiger partial charge in [0.25, 0.3) is 0 Å². The second-order valence-corrected chi connectivity index (χ2v) is 6.32. The largest absolute Gasteiger partial charge is 0.480 e. The Labute approximate surface area is 133 Å². The zero-order valence-corrected chi connectivity index (χ0v) is 13.8. The number of carbonyl (C=O) groups is 1. The van der Waals surface area contributed by atoms with E-state index < -0.39 is 12.0 Å². The van der Waals surface area contributed by atoms with Crippen molar-refractivity contribution < 1.29 is 9.90 Å². The van der Waals surface area contributed by atoms with Gasteiger partial charge in [-0.3, -0.25) is 9.69 Å². The second kappa shape index (κ2) is 8.30. The Morgan fingerprint density at radius 2 is 1.73 bits per heavy atom. The van der Waals surface area contributed by atoms with E-state index in [0.29, 0.717) is 6.42 Å². The number of carboxylic acid groups (broad SMARTS) is 1. The Morgan fingerprint density at radius 1 is 1.14 bits per heavy atom. The van der Waals surface area contributed by atoms with Crippen molar-refractivity contribution in [2.75, 3.05) is 33.2 Å². The van der Waals surface area contributed by atoms with Gasteiger partial charge in [0.1, 0.15) is 6.04 Å². The summed E-state index contributed by atoms with van der Waals surface area (Å²) in [5.74, 6) is -0.709. The smallest absolute Gasteiger partial charge is 0.321 e. The van der Waals surface area contributed by atoms with Crippen LogP contribution in [0, 0.1) is 0 Å². The number of aryl methyl sites for hydroxylation is 1. The molecule has 2 rings (SSSR count). The Kier molecular flexibility index (Phi) is 6.40. The van der Waals surface area contributed by atoms with Crippen LogP contribution in [-0.2, 0) is 17.6 Å². The van der Waals surface area contributed by atoms with Crippen LogP contribution in [0.3, 0.4) is 0 Å². The van der Waals surface area contributed by atoms with Crippen LogP contribution in [0.1, 0.15) is 30.9 Å². The monoisotopic (exact) mass is 304 g/mol. The third kappa shape index (κ3) is 4.82. The summed E-state index contributed by atoms with van der Waals surface area (Å²) in [4.78, 5) is 16.0. The van der Waals surface area contributed by atoms with Gasteiger partial charge >= 0.3 is 5.97 Å². The number of rotatable bonds is 7. The number of hydrogen-bond acceptors (Lipinski definition) is 3. The van der Waals surface area contributed by atoms with Crippen LogP contribution in [0.25, 0.3) is 0 Å². The number of carboxylic acids is 1. The summed E-state index contributed by atoms with van der Waals surface area (Å²) in [6.07, 6.45) is 4.11. The van der Waals surface area contributed by atoms with E-state index >= 15 is 0 Å². The van der Waals surface area contributed by atoms with Crippen LogP contribution >= 0.6 is 0 Å². The van der Waals surface area contributed by atoms with E-state index in [1.54, 1.807) is 0 Å². The quantitative estimate of drug-likeness (QED) is 0.839. The maximum Gasteiger partial charge on any atom is 0.321 e. The SMILES string of the molecule is CCCCc1ccc(CC(C(=O)O)N2CCN(C)CC2)cc1. The molecule has 0 bridgehead atoms. The predicted octanol–water partition coefficient (Wildman–Crippen LogP) is 2.27. The molecule has 1 unspecified atom stereocenters. The van der Waals surface area contributed by atoms with Gasteiger partial charge in [-0.05, 0) is 37.4 Å². The molecular formula is C18H28N2O2. The van der Waals surface area contributed by atoms with Crippen molar-refractivity contribution in [3.63, 3.8) is 0 Å². The summed E-state index contributed by atoms with van der Waals surface area (Å²) in [7, 11) is 2.09. The van der Waals surface area contributed by atoms with Crippen molar-refractivity contribution in [3.05, 3.63) is 35.4 Å². The summed E-state index contributed by atoms with van der Waals surface area (Å²) in [5.41, 5.74) is 2.46. The third-order valence-electron chi connectivity index (χ3n) is 4.53. The maximum absolute atomic E-state index is 11.6. The van der Waals surface area contributed by atoms with E-state index in [-0.39, 0.29) is 0 Å². The van der Waals surface area contributed by atoms with Gasteiger partial charge in [0.05, 0.1) is 0 Å². The molecule has 1 heterocycles. The summed E-state index contributed by atoms with van der Waals surface area (Å²) in [6, 6.07) is 8.07. The lowest BCUT2D eigenvalue weighted by atomic mass is 10.0. The molecule has 22 heavy (non-hydrogen) atoms. The van der Waals surface area contributed by atoms with Gasteiger partial charge in [-0.15, -0.1) is 0 Å². The van der Waals surface area contributed by atoms with Crippen molar-refractivity contribution >= 4 is 5.97 Å². The summed E-state index contributed by atoms with van der Waals surface area (Å²) < 4.78 is 0. The van der Waals surface area contributed by atoms with Crippen molar-refractivity contribution in [2.24, 2.45) is 0 Å². The van der Waals surface area contributed by atoms with Crippen LogP contribution < -0.4 is 0 Å². The highest BCUT2D eigenvalue weighted by Gasteiger charge is 2.28. The molecule has 122 valence electrons. The Hall–Kier alpha value is -1.39. The average Bonchev–Trinajstić information content (AvgIpc) is 2.52. The fourth-order valence-electron chi connectivity index (χ4n) is 2.95. The zero-order chi connectivity index (χ0) is 15.9. The fraction of sp³-hybridized carbons (Fsp3) is 0.611. The van der Waals surface area contributed by atoms with Gasteiger partial charge in [-0.1, -0.05) is 37.6 Å². The minimum atomic E-state index is -0.709. The minimum Gasteiger partial charge on any atom is -0.480 e. The van der Waals surface area contributed by atoms with Gasteiger partial charge < -0.3 is 10.0 Å². The van der Waals surface area contributed by atoms with Gasteiger partial charge in [0.2, 0.25) is 0 Å². The molecule has 0 amide bonds. The topological polar surface area (TPSA) is 43.8 Å². The third-order valence-corrected chi connectivity index (χ3v) is 4.53. The second-order valence-electron chi connectivity index (χ2n) is 6.32. The van der Waals surface area contributed by atoms with Crippen molar-refractivity contribution in [2.45, 2.75) is 38.6 Å². The highest BCUT2D eigenvalue weighted by Crippen LogP contribution is 2.14. The number of piperazine rings is 1. The summed E-state index contributed by atoms with van der Waals surface area (Å²) in [5, 5.41) is 9.57. The number of aliphatic carboxylic acids is 1. The minimum absolute atomic E-state index is 0.407. The fourth-order valence-corrected chi connectivity index (χ4v) is 2.95. The molecule has 0 aliphatic carbocycles. The number of hydrogen-bond donors (Lipinski definition) is 1. The van der Waals surface area contributed by atoms with E-state index in [1.165, 1.54) is 18.4 Å². The predicted molar refractivity (Wildman–Crippen MR) is 89.3 cm³/mol. The van der Waals surface area contributed by atoms with Gasteiger partial charge in [0, 0.05) is 26.2 Å². The van der Waals surface area contributed by atoms with Crippen molar-refractivity contribution in [1.29, 1.82) is 0 Å². The highest BCUT2D eigenvalue weighted by molar-refractivity contribution is 5.74. The molecule has 0 saturated carbocycles. The molecule has 4 heteroatoms. The molecule has 1 atom stereocenters. The summed E-state index contributed by atoms with van der Waals surface area (Å²) >= 11 is 0. The Balaban J connectivity index is 1.97. The van der Waals surface area contributed by atoms with E-state index in [9.17, 15) is 9.90 Å². The Morgan fingerprint density at radius 3 is 2.27 bits per heavy atom. The lowest BCUT2D eigenvalue weighted by molar-refractivity contribution is -0.144. The first kappa shape index (κ1) is 17.0. The molecular weight excluding hydrogens is 276 g/mol. The van der Waals surface area contributed by atoms with E-state index in [0.717, 1.165) is 38.2 Å². The number of unbranched alkanes of at least 4 members (excludes halogenated alkanes) is 1. The highest BCUT2D eigenvalue weighted by atomic mass is 16.4. The van der Waals surface area contributed by atoms with E-state index in [4.69, 9.17) is 0 Å². The maximum atomic E-state index is 11.6. The van der Waals surface area contributed by atoms with Crippen LogP contribution in [0.4, 0.5) is 0 Å². The molecule has 0 radical (unpaired) electrons.